The first kappa shape index (κ1) is 17.7. The molecule has 0 atom stereocenters. The van der Waals surface area contributed by atoms with Gasteiger partial charge in [0.2, 0.25) is 0 Å². The Labute approximate surface area is 145 Å². The SMILES string of the molecule is CC(C)c1[nH]nc(C(=O)N(CCCN)Cc2ccccc2)c1Br. The van der Waals surface area contributed by atoms with Gasteiger partial charge in [0, 0.05) is 13.1 Å². The van der Waals surface area contributed by atoms with Gasteiger partial charge < -0.3 is 10.6 Å². The second-order valence-corrected chi connectivity index (χ2v) is 6.60. The zero-order valence-electron chi connectivity index (χ0n) is 13.6. The molecular weight excluding hydrogens is 356 g/mol. The van der Waals surface area contributed by atoms with E-state index in [-0.39, 0.29) is 11.8 Å². The normalized spacial score (nSPS) is 11.0. The van der Waals surface area contributed by atoms with Crippen molar-refractivity contribution in [3.8, 4) is 0 Å². The van der Waals surface area contributed by atoms with E-state index in [2.05, 4.69) is 40.0 Å². The fraction of sp³-hybridized carbons (Fsp3) is 0.412. The summed E-state index contributed by atoms with van der Waals surface area (Å²) in [4.78, 5) is 14.7. The summed E-state index contributed by atoms with van der Waals surface area (Å²) in [6.07, 6.45) is 0.762. The number of halogens is 1. The zero-order chi connectivity index (χ0) is 16.8. The number of aromatic amines is 1. The molecule has 0 saturated heterocycles. The molecule has 2 aromatic rings. The lowest BCUT2D eigenvalue weighted by atomic mass is 10.1. The molecule has 1 heterocycles. The van der Waals surface area contributed by atoms with Gasteiger partial charge in [-0.3, -0.25) is 9.89 Å². The summed E-state index contributed by atoms with van der Waals surface area (Å²) in [6, 6.07) is 9.95. The number of carbonyl (C=O) groups excluding carboxylic acids is 1. The van der Waals surface area contributed by atoms with E-state index in [0.29, 0.717) is 25.3 Å². The number of amides is 1. The van der Waals surface area contributed by atoms with Crippen molar-refractivity contribution in [2.24, 2.45) is 5.73 Å². The van der Waals surface area contributed by atoms with Crippen LogP contribution < -0.4 is 5.73 Å². The minimum absolute atomic E-state index is 0.0858. The molecule has 3 N–H and O–H groups in total. The summed E-state index contributed by atoms with van der Waals surface area (Å²) in [6.45, 7) is 5.83. The van der Waals surface area contributed by atoms with Crippen LogP contribution in [0.3, 0.4) is 0 Å². The summed E-state index contributed by atoms with van der Waals surface area (Å²) >= 11 is 3.51. The van der Waals surface area contributed by atoms with Crippen LogP contribution in [0.2, 0.25) is 0 Å². The van der Waals surface area contributed by atoms with Crippen LogP contribution in [0.1, 0.15) is 47.9 Å². The van der Waals surface area contributed by atoms with Crippen LogP contribution in [0.4, 0.5) is 0 Å². The number of hydrogen-bond donors (Lipinski definition) is 2. The predicted octanol–water partition coefficient (Wildman–Crippen LogP) is 3.29. The van der Waals surface area contributed by atoms with Crippen molar-refractivity contribution in [1.29, 1.82) is 0 Å². The van der Waals surface area contributed by atoms with Crippen molar-refractivity contribution >= 4 is 21.8 Å². The Morgan fingerprint density at radius 2 is 2.04 bits per heavy atom. The largest absolute Gasteiger partial charge is 0.333 e. The van der Waals surface area contributed by atoms with E-state index in [1.807, 2.05) is 30.3 Å². The average Bonchev–Trinajstić information content (AvgIpc) is 2.93. The first-order chi connectivity index (χ1) is 11.0. The van der Waals surface area contributed by atoms with Gasteiger partial charge in [0.05, 0.1) is 10.2 Å². The fourth-order valence-corrected chi connectivity index (χ4v) is 3.16. The molecule has 0 aliphatic rings. The average molecular weight is 379 g/mol. The van der Waals surface area contributed by atoms with Crippen LogP contribution in [-0.4, -0.2) is 34.1 Å². The molecule has 6 heteroatoms. The Morgan fingerprint density at radius 1 is 1.35 bits per heavy atom. The van der Waals surface area contributed by atoms with Gasteiger partial charge in [-0.05, 0) is 40.4 Å². The van der Waals surface area contributed by atoms with Gasteiger partial charge in [-0.15, -0.1) is 0 Å². The summed E-state index contributed by atoms with van der Waals surface area (Å²) < 4.78 is 0.753. The second-order valence-electron chi connectivity index (χ2n) is 5.81. The predicted molar refractivity (Wildman–Crippen MR) is 95.2 cm³/mol. The van der Waals surface area contributed by atoms with Gasteiger partial charge in [0.1, 0.15) is 0 Å². The lowest BCUT2D eigenvalue weighted by Gasteiger charge is -2.22. The molecule has 0 spiro atoms. The third kappa shape index (κ3) is 4.42. The molecule has 0 bridgehead atoms. The highest BCUT2D eigenvalue weighted by atomic mass is 79.9. The highest BCUT2D eigenvalue weighted by Gasteiger charge is 2.24. The number of rotatable bonds is 7. The molecule has 0 aliphatic heterocycles. The summed E-state index contributed by atoms with van der Waals surface area (Å²) in [7, 11) is 0. The minimum Gasteiger partial charge on any atom is -0.333 e. The lowest BCUT2D eigenvalue weighted by Crippen LogP contribution is -2.33. The monoisotopic (exact) mass is 378 g/mol. The first-order valence-corrected chi connectivity index (χ1v) is 8.61. The summed E-state index contributed by atoms with van der Waals surface area (Å²) in [5.41, 5.74) is 8.07. The van der Waals surface area contributed by atoms with Crippen molar-refractivity contribution in [3.05, 3.63) is 51.8 Å². The van der Waals surface area contributed by atoms with E-state index in [0.717, 1.165) is 22.2 Å². The maximum absolute atomic E-state index is 12.9. The van der Waals surface area contributed by atoms with Crippen LogP contribution in [0.5, 0.6) is 0 Å². The number of nitrogens with zero attached hydrogens (tertiary/aromatic N) is 2. The molecule has 0 aliphatic carbocycles. The minimum atomic E-state index is -0.0858. The smallest absolute Gasteiger partial charge is 0.275 e. The fourth-order valence-electron chi connectivity index (χ4n) is 2.35. The van der Waals surface area contributed by atoms with Crippen LogP contribution >= 0.6 is 15.9 Å². The van der Waals surface area contributed by atoms with Crippen molar-refractivity contribution in [3.63, 3.8) is 0 Å². The van der Waals surface area contributed by atoms with Crippen LogP contribution in [0, 0.1) is 0 Å². The second kappa shape index (κ2) is 8.26. The third-order valence-electron chi connectivity index (χ3n) is 3.65. The maximum atomic E-state index is 12.9. The van der Waals surface area contributed by atoms with Gasteiger partial charge in [-0.2, -0.15) is 5.10 Å². The van der Waals surface area contributed by atoms with E-state index in [1.165, 1.54) is 0 Å². The topological polar surface area (TPSA) is 75.0 Å². The number of carbonyl (C=O) groups is 1. The summed E-state index contributed by atoms with van der Waals surface area (Å²) in [5.74, 6) is 0.183. The molecule has 0 unspecified atom stereocenters. The molecular formula is C17H23BrN4O. The number of aromatic nitrogens is 2. The third-order valence-corrected chi connectivity index (χ3v) is 4.45. The number of hydrogen-bond acceptors (Lipinski definition) is 3. The van der Waals surface area contributed by atoms with E-state index in [9.17, 15) is 4.79 Å². The molecule has 5 nitrogen and oxygen atoms in total. The number of nitrogens with two attached hydrogens (primary N) is 1. The van der Waals surface area contributed by atoms with Crippen molar-refractivity contribution in [2.45, 2.75) is 32.7 Å². The van der Waals surface area contributed by atoms with Crippen LogP contribution in [0.15, 0.2) is 34.8 Å². The van der Waals surface area contributed by atoms with E-state index < -0.39 is 0 Å². The van der Waals surface area contributed by atoms with Crippen LogP contribution in [-0.2, 0) is 6.54 Å². The standard InChI is InChI=1S/C17H23BrN4O/c1-12(2)15-14(18)16(21-20-15)17(23)22(10-6-9-19)11-13-7-4-3-5-8-13/h3-5,7-8,12H,6,9-11,19H2,1-2H3,(H,20,21). The maximum Gasteiger partial charge on any atom is 0.275 e. The van der Waals surface area contributed by atoms with Crippen molar-refractivity contribution < 1.29 is 4.79 Å². The van der Waals surface area contributed by atoms with Gasteiger partial charge in [0.25, 0.3) is 5.91 Å². The number of nitrogens with one attached hydrogen (secondary N) is 1. The van der Waals surface area contributed by atoms with Gasteiger partial charge in [-0.1, -0.05) is 44.2 Å². The molecule has 1 amide bonds. The highest BCUT2D eigenvalue weighted by molar-refractivity contribution is 9.10. The Hall–Kier alpha value is -1.66. The van der Waals surface area contributed by atoms with E-state index in [1.54, 1.807) is 4.90 Å². The Balaban J connectivity index is 2.22. The summed E-state index contributed by atoms with van der Waals surface area (Å²) in [5, 5.41) is 7.17. The van der Waals surface area contributed by atoms with E-state index >= 15 is 0 Å². The molecule has 0 radical (unpaired) electrons. The van der Waals surface area contributed by atoms with E-state index in [4.69, 9.17) is 5.73 Å². The molecule has 1 aromatic carbocycles. The zero-order valence-corrected chi connectivity index (χ0v) is 15.1. The number of H-pyrrole nitrogens is 1. The van der Waals surface area contributed by atoms with Crippen LogP contribution in [0.25, 0.3) is 0 Å². The highest BCUT2D eigenvalue weighted by Crippen LogP contribution is 2.26. The first-order valence-electron chi connectivity index (χ1n) is 7.81. The Morgan fingerprint density at radius 3 is 2.61 bits per heavy atom. The molecule has 124 valence electrons. The molecule has 0 saturated carbocycles. The van der Waals surface area contributed by atoms with Gasteiger partial charge >= 0.3 is 0 Å². The quantitative estimate of drug-likeness (QED) is 0.775. The number of benzene rings is 1. The molecule has 0 fully saturated rings. The molecule has 2 rings (SSSR count). The molecule has 1 aromatic heterocycles. The molecule has 23 heavy (non-hydrogen) atoms. The van der Waals surface area contributed by atoms with Crippen molar-refractivity contribution in [1.82, 2.24) is 15.1 Å². The Kier molecular flexibility index (Phi) is 6.36. The van der Waals surface area contributed by atoms with Crippen molar-refractivity contribution in [2.75, 3.05) is 13.1 Å². The van der Waals surface area contributed by atoms with Gasteiger partial charge in [0.15, 0.2) is 5.69 Å². The lowest BCUT2D eigenvalue weighted by molar-refractivity contribution is 0.0735. The Bertz CT molecular complexity index is 639. The van der Waals surface area contributed by atoms with Gasteiger partial charge in [-0.25, -0.2) is 0 Å².